The molecule has 0 saturated carbocycles. The highest BCUT2D eigenvalue weighted by atomic mass is 16.2. The van der Waals surface area contributed by atoms with E-state index in [1.54, 1.807) is 29.2 Å². The highest BCUT2D eigenvalue weighted by Crippen LogP contribution is 2.22. The first-order chi connectivity index (χ1) is 33.1. The zero-order chi connectivity index (χ0) is 49.5. The van der Waals surface area contributed by atoms with E-state index in [0.29, 0.717) is 48.4 Å². The highest BCUT2D eigenvalue weighted by molar-refractivity contribution is 5.95. The van der Waals surface area contributed by atoms with Crippen LogP contribution in [0, 0.1) is 0 Å². The molecule has 0 saturated heterocycles. The molecule has 0 bridgehead atoms. The van der Waals surface area contributed by atoms with Gasteiger partial charge >= 0.3 is 0 Å². The van der Waals surface area contributed by atoms with Gasteiger partial charge < -0.3 is 43.4 Å². The van der Waals surface area contributed by atoms with Crippen molar-refractivity contribution in [2.24, 2.45) is 33.2 Å². The van der Waals surface area contributed by atoms with Crippen LogP contribution in [-0.2, 0) is 9.59 Å². The van der Waals surface area contributed by atoms with Crippen molar-refractivity contribution in [3.05, 3.63) is 59.7 Å². The Morgan fingerprint density at radius 1 is 0.441 bits per heavy atom. The molecule has 0 radical (unpaired) electrons. The van der Waals surface area contributed by atoms with E-state index in [1.807, 2.05) is 24.3 Å². The molecule has 10 N–H and O–H groups in total. The monoisotopic (exact) mass is 947 g/mol. The van der Waals surface area contributed by atoms with Crippen LogP contribution in [0.25, 0.3) is 0 Å². The fourth-order valence-corrected chi connectivity index (χ4v) is 8.20. The van der Waals surface area contributed by atoms with E-state index in [-0.39, 0.29) is 49.8 Å². The summed E-state index contributed by atoms with van der Waals surface area (Å²) in [5.74, 6) is -0.776. The lowest BCUT2D eigenvalue weighted by atomic mass is 10.1. The Labute approximate surface area is 411 Å². The number of rotatable bonds is 42. The first-order valence-corrected chi connectivity index (χ1v) is 26.8. The Morgan fingerprint density at radius 2 is 0.750 bits per heavy atom. The van der Waals surface area contributed by atoms with E-state index in [0.717, 1.165) is 64.5 Å². The Kier molecular flexibility index (Phi) is 34.9. The molecule has 0 aliphatic rings. The fraction of sp³-hybridized carbons (Fsp3) is 0.704. The van der Waals surface area contributed by atoms with Crippen LogP contribution in [0.3, 0.4) is 0 Å². The molecule has 14 heteroatoms. The Bertz CT molecular complexity index is 1580. The maximum atomic E-state index is 13.9. The van der Waals surface area contributed by atoms with Gasteiger partial charge in [0.1, 0.15) is 0 Å². The van der Waals surface area contributed by atoms with Crippen molar-refractivity contribution < 1.29 is 19.2 Å². The van der Waals surface area contributed by atoms with E-state index in [1.165, 1.54) is 103 Å². The summed E-state index contributed by atoms with van der Waals surface area (Å²) < 4.78 is 0. The van der Waals surface area contributed by atoms with Gasteiger partial charge in [0.15, 0.2) is 0 Å². The van der Waals surface area contributed by atoms with E-state index in [4.69, 9.17) is 22.9 Å². The van der Waals surface area contributed by atoms with Gasteiger partial charge in [0, 0.05) is 50.4 Å². The van der Waals surface area contributed by atoms with Gasteiger partial charge in [0.2, 0.25) is 11.8 Å². The number of nitrogens with one attached hydrogen (secondary N) is 2. The Balaban J connectivity index is 2.03. The van der Waals surface area contributed by atoms with Crippen LogP contribution in [0.15, 0.2) is 58.8 Å². The zero-order valence-electron chi connectivity index (χ0n) is 42.5. The van der Waals surface area contributed by atoms with Crippen LogP contribution in [0.2, 0.25) is 0 Å². The summed E-state index contributed by atoms with van der Waals surface area (Å²) in [5, 5.41) is 14.5. The lowest BCUT2D eigenvalue weighted by molar-refractivity contribution is -0.123. The summed E-state index contributed by atoms with van der Waals surface area (Å²) in [5.41, 5.74) is 25.5. The molecule has 68 heavy (non-hydrogen) atoms. The van der Waals surface area contributed by atoms with Gasteiger partial charge in [0.25, 0.3) is 11.8 Å². The van der Waals surface area contributed by atoms with Crippen molar-refractivity contribution in [1.82, 2.24) is 20.4 Å². The van der Waals surface area contributed by atoms with Gasteiger partial charge in [-0.25, -0.2) is 0 Å². The molecule has 2 unspecified atom stereocenters. The smallest absolute Gasteiger partial charge is 0.253 e. The summed E-state index contributed by atoms with van der Waals surface area (Å²) in [7, 11) is 0. The molecule has 2 rings (SSSR count). The molecule has 0 aromatic heterocycles. The lowest BCUT2D eigenvalue weighted by Gasteiger charge is -2.24. The van der Waals surface area contributed by atoms with Crippen molar-refractivity contribution in [2.45, 2.75) is 193 Å². The van der Waals surface area contributed by atoms with Crippen LogP contribution < -0.4 is 33.6 Å². The number of carbonyl (C=O) groups is 4. The number of amides is 4. The number of hydrogen-bond donors (Lipinski definition) is 6. The zero-order valence-corrected chi connectivity index (χ0v) is 42.5. The van der Waals surface area contributed by atoms with Crippen molar-refractivity contribution in [3.8, 4) is 0 Å². The van der Waals surface area contributed by atoms with Gasteiger partial charge in [-0.15, -0.1) is 0 Å². The Hall–Kier alpha value is -4.24. The van der Waals surface area contributed by atoms with Gasteiger partial charge in [0.05, 0.1) is 23.5 Å². The number of nitrogens with zero attached hydrogens (tertiary/aromatic N) is 4. The van der Waals surface area contributed by atoms with Crippen molar-refractivity contribution in [3.63, 3.8) is 0 Å². The molecule has 2 aromatic carbocycles. The normalized spacial score (nSPS) is 12.3. The molecule has 4 amide bonds. The number of carbonyl (C=O) groups excluding carboxylic acids is 4. The van der Waals surface area contributed by atoms with Gasteiger partial charge in [-0.05, 0) is 100 Å². The van der Waals surface area contributed by atoms with Crippen LogP contribution in [-0.4, -0.2) is 97.9 Å². The largest absolute Gasteiger partial charge is 0.353 e. The predicted molar refractivity (Wildman–Crippen MR) is 280 cm³/mol. The molecule has 0 aliphatic carbocycles. The van der Waals surface area contributed by atoms with E-state index < -0.39 is 12.1 Å². The predicted octanol–water partition coefficient (Wildman–Crippen LogP) is 9.97. The third-order valence-corrected chi connectivity index (χ3v) is 12.6. The number of nitrogens with two attached hydrogens (primary N) is 4. The summed E-state index contributed by atoms with van der Waals surface area (Å²) >= 11 is 0. The molecule has 2 aromatic rings. The third-order valence-electron chi connectivity index (χ3n) is 12.6. The highest BCUT2D eigenvalue weighted by Gasteiger charge is 2.20. The first-order valence-electron chi connectivity index (χ1n) is 26.8. The minimum atomic E-state index is -0.661. The second-order valence-corrected chi connectivity index (χ2v) is 18.6. The lowest BCUT2D eigenvalue weighted by Crippen LogP contribution is -2.47. The van der Waals surface area contributed by atoms with E-state index in [2.05, 4.69) is 39.6 Å². The van der Waals surface area contributed by atoms with Crippen LogP contribution in [0.4, 0.5) is 11.4 Å². The molecule has 0 fully saturated rings. The molecule has 0 aliphatic heterocycles. The maximum Gasteiger partial charge on any atom is 0.253 e. The summed E-state index contributed by atoms with van der Waals surface area (Å²) in [6.07, 6.45) is 29.5. The topological polar surface area (TPSA) is 228 Å². The van der Waals surface area contributed by atoms with Gasteiger partial charge in [-0.2, -0.15) is 10.2 Å². The SMILES string of the molecule is CCCCCCCCCCCCN(CCCCCCCCCCCC)C(=O)c1ccc(N=Nc2ccc(C(=O)N(CCNC(=O)C(N)CCCCN)CCNC(=O)C(N)CCCCN)cc2)cc1. The molecule has 0 heterocycles. The van der Waals surface area contributed by atoms with Crippen molar-refractivity contribution >= 4 is 35.0 Å². The molecule has 0 spiro atoms. The minimum Gasteiger partial charge on any atom is -0.353 e. The Morgan fingerprint density at radius 3 is 1.07 bits per heavy atom. The van der Waals surface area contributed by atoms with Gasteiger partial charge in [-0.1, -0.05) is 142 Å². The van der Waals surface area contributed by atoms with Crippen molar-refractivity contribution in [2.75, 3.05) is 52.4 Å². The average Bonchev–Trinajstić information content (AvgIpc) is 3.35. The first kappa shape index (κ1) is 59.9. The second kappa shape index (κ2) is 39.6. The summed E-state index contributed by atoms with van der Waals surface area (Å²) in [4.78, 5) is 56.5. The standard InChI is InChI=1S/C54H94N10O4/c1-3-5-7-9-11-13-15-17-19-25-41-63(42-26-20-18-16-14-12-10-8-6-4-2)53(67)45-29-33-47(34-30-45)61-62-48-35-31-46(32-36-48)54(68)64(43-39-59-51(65)49(57)27-21-23-37-55)44-40-60-52(66)50(58)28-22-24-38-56/h29-36,49-50H,3-28,37-44,55-58H2,1-2H3,(H,59,65)(H,60,66). The minimum absolute atomic E-state index is 0.0724. The average molecular weight is 947 g/mol. The fourth-order valence-electron chi connectivity index (χ4n) is 8.20. The number of azo groups is 1. The van der Waals surface area contributed by atoms with E-state index in [9.17, 15) is 19.2 Å². The summed E-state index contributed by atoms with van der Waals surface area (Å²) in [6, 6.07) is 12.8. The quantitative estimate of drug-likeness (QED) is 0.0277. The third kappa shape index (κ3) is 27.7. The molecular formula is C54H94N10O4. The van der Waals surface area contributed by atoms with Crippen molar-refractivity contribution in [1.29, 1.82) is 0 Å². The number of unbranched alkanes of at least 4 members (excludes halogenated alkanes) is 20. The summed E-state index contributed by atoms with van der Waals surface area (Å²) in [6.45, 7) is 7.96. The molecular weight excluding hydrogens is 853 g/mol. The maximum absolute atomic E-state index is 13.9. The molecule has 14 nitrogen and oxygen atoms in total. The molecule has 384 valence electrons. The number of benzene rings is 2. The van der Waals surface area contributed by atoms with Crippen LogP contribution in [0.1, 0.15) is 202 Å². The molecule has 2 atom stereocenters. The second-order valence-electron chi connectivity index (χ2n) is 18.6. The van der Waals surface area contributed by atoms with E-state index >= 15 is 0 Å². The van der Waals surface area contributed by atoms with Crippen LogP contribution in [0.5, 0.6) is 0 Å². The van der Waals surface area contributed by atoms with Gasteiger partial charge in [-0.3, -0.25) is 19.2 Å². The van der Waals surface area contributed by atoms with Crippen LogP contribution >= 0.6 is 0 Å². The number of hydrogen-bond acceptors (Lipinski definition) is 10.